The molecule has 0 atom stereocenters. The fraction of sp³-hybridized carbons (Fsp3) is 0.143. The van der Waals surface area contributed by atoms with Gasteiger partial charge in [0, 0.05) is 10.7 Å². The molecule has 0 aromatic heterocycles. The number of halogens is 1. The Morgan fingerprint density at radius 2 is 1.84 bits per heavy atom. The molecule has 2 aromatic rings. The number of hydrogen-bond acceptors (Lipinski definition) is 3. The lowest BCUT2D eigenvalue weighted by Crippen LogP contribution is -2.08. The van der Waals surface area contributed by atoms with E-state index in [4.69, 9.17) is 17.3 Å². The van der Waals surface area contributed by atoms with Gasteiger partial charge in [-0.3, -0.25) is 0 Å². The van der Waals surface area contributed by atoms with Crippen molar-refractivity contribution >= 4 is 27.1 Å². The second-order valence-electron chi connectivity index (χ2n) is 4.38. The molecule has 0 unspecified atom stereocenters. The quantitative estimate of drug-likeness (QED) is 0.885. The normalized spacial score (nSPS) is 11.5. The van der Waals surface area contributed by atoms with Gasteiger partial charge in [0.25, 0.3) is 0 Å². The summed E-state index contributed by atoms with van der Waals surface area (Å²) in [4.78, 5) is 0.257. The third-order valence-electron chi connectivity index (χ3n) is 2.85. The molecule has 5 heteroatoms. The molecule has 0 heterocycles. The average Bonchev–Trinajstić information content (AvgIpc) is 2.35. The molecule has 0 aliphatic rings. The maximum atomic E-state index is 12.4. The lowest BCUT2D eigenvalue weighted by atomic mass is 10.2. The van der Waals surface area contributed by atoms with Crippen molar-refractivity contribution in [2.24, 2.45) is 0 Å². The van der Waals surface area contributed by atoms with Gasteiger partial charge in [0.05, 0.1) is 10.6 Å². The molecule has 0 amide bonds. The van der Waals surface area contributed by atoms with Gasteiger partial charge in [-0.15, -0.1) is 0 Å². The molecule has 19 heavy (non-hydrogen) atoms. The van der Waals surface area contributed by atoms with Gasteiger partial charge in [-0.05, 0) is 36.2 Å². The minimum atomic E-state index is -3.45. The summed E-state index contributed by atoms with van der Waals surface area (Å²) in [5.41, 5.74) is 7.36. The van der Waals surface area contributed by atoms with Gasteiger partial charge in [-0.1, -0.05) is 35.9 Å². The van der Waals surface area contributed by atoms with E-state index in [0.29, 0.717) is 21.8 Å². The maximum absolute atomic E-state index is 12.4. The summed E-state index contributed by atoms with van der Waals surface area (Å²) in [6.45, 7) is 1.75. The van der Waals surface area contributed by atoms with E-state index in [2.05, 4.69) is 0 Å². The predicted octanol–water partition coefficient (Wildman–Crippen LogP) is 3.20. The van der Waals surface area contributed by atoms with E-state index in [0.717, 1.165) is 0 Å². The summed E-state index contributed by atoms with van der Waals surface area (Å²) < 4.78 is 24.8. The summed E-state index contributed by atoms with van der Waals surface area (Å²) in [6, 6.07) is 11.8. The number of hydrogen-bond donors (Lipinski definition) is 1. The molecule has 2 rings (SSSR count). The van der Waals surface area contributed by atoms with Crippen LogP contribution in [0.5, 0.6) is 0 Å². The molecular weight excluding hydrogens is 282 g/mol. The van der Waals surface area contributed by atoms with E-state index in [1.807, 2.05) is 0 Å². The molecule has 0 radical (unpaired) electrons. The Kier molecular flexibility index (Phi) is 3.83. The Morgan fingerprint density at radius 3 is 2.53 bits per heavy atom. The first-order chi connectivity index (χ1) is 8.90. The van der Waals surface area contributed by atoms with Crippen LogP contribution in [0, 0.1) is 6.92 Å². The van der Waals surface area contributed by atoms with Gasteiger partial charge in [0.2, 0.25) is 0 Å². The van der Waals surface area contributed by atoms with E-state index in [-0.39, 0.29) is 10.6 Å². The van der Waals surface area contributed by atoms with Crippen LogP contribution in [0.2, 0.25) is 5.02 Å². The van der Waals surface area contributed by atoms with Crippen molar-refractivity contribution < 1.29 is 8.42 Å². The summed E-state index contributed by atoms with van der Waals surface area (Å²) in [5, 5.41) is 0.452. The van der Waals surface area contributed by atoms with Crippen LogP contribution < -0.4 is 5.73 Å². The zero-order chi connectivity index (χ0) is 14.0. The highest BCUT2D eigenvalue weighted by molar-refractivity contribution is 7.90. The van der Waals surface area contributed by atoms with E-state index >= 15 is 0 Å². The highest BCUT2D eigenvalue weighted by Crippen LogP contribution is 2.25. The fourth-order valence-electron chi connectivity index (χ4n) is 1.85. The first kappa shape index (κ1) is 13.9. The van der Waals surface area contributed by atoms with Crippen molar-refractivity contribution in [2.45, 2.75) is 17.6 Å². The molecule has 0 fully saturated rings. The smallest absolute Gasteiger partial charge is 0.182 e. The molecule has 2 N–H and O–H groups in total. The Hall–Kier alpha value is -1.52. The van der Waals surface area contributed by atoms with E-state index in [1.54, 1.807) is 43.3 Å². The summed E-state index contributed by atoms with van der Waals surface area (Å²) in [5.74, 6) is -0.128. The van der Waals surface area contributed by atoms with Crippen molar-refractivity contribution in [1.29, 1.82) is 0 Å². The SMILES string of the molecule is Cc1ccc(N)cc1S(=O)(=O)Cc1ccccc1Cl. The van der Waals surface area contributed by atoms with Gasteiger partial charge in [-0.25, -0.2) is 8.42 Å². The Bertz CT molecular complexity index is 711. The van der Waals surface area contributed by atoms with Crippen LogP contribution in [-0.4, -0.2) is 8.42 Å². The number of aryl methyl sites for hydroxylation is 1. The van der Waals surface area contributed by atoms with Gasteiger partial charge >= 0.3 is 0 Å². The van der Waals surface area contributed by atoms with Crippen LogP contribution in [-0.2, 0) is 15.6 Å². The molecule has 0 saturated heterocycles. The summed E-state index contributed by atoms with van der Waals surface area (Å²) >= 11 is 6.00. The van der Waals surface area contributed by atoms with Crippen LogP contribution in [0.1, 0.15) is 11.1 Å². The number of anilines is 1. The van der Waals surface area contributed by atoms with Crippen LogP contribution in [0.15, 0.2) is 47.4 Å². The average molecular weight is 296 g/mol. The molecular formula is C14H14ClNO2S. The van der Waals surface area contributed by atoms with Crippen molar-refractivity contribution in [3.63, 3.8) is 0 Å². The molecule has 0 aliphatic carbocycles. The molecule has 3 nitrogen and oxygen atoms in total. The predicted molar refractivity (Wildman–Crippen MR) is 77.9 cm³/mol. The number of rotatable bonds is 3. The number of benzene rings is 2. The second kappa shape index (κ2) is 5.23. The summed E-state index contributed by atoms with van der Waals surface area (Å²) in [7, 11) is -3.45. The first-order valence-corrected chi connectivity index (χ1v) is 7.75. The van der Waals surface area contributed by atoms with E-state index in [1.165, 1.54) is 6.07 Å². The molecule has 0 saturated carbocycles. The topological polar surface area (TPSA) is 60.2 Å². The third kappa shape index (κ3) is 3.08. The van der Waals surface area contributed by atoms with Crippen LogP contribution in [0.3, 0.4) is 0 Å². The summed E-state index contributed by atoms with van der Waals surface area (Å²) in [6.07, 6.45) is 0. The highest BCUT2D eigenvalue weighted by Gasteiger charge is 2.19. The van der Waals surface area contributed by atoms with Crippen LogP contribution in [0.4, 0.5) is 5.69 Å². The zero-order valence-corrected chi connectivity index (χ0v) is 12.0. The van der Waals surface area contributed by atoms with Crippen LogP contribution >= 0.6 is 11.6 Å². The largest absolute Gasteiger partial charge is 0.399 e. The van der Waals surface area contributed by atoms with Gasteiger partial charge < -0.3 is 5.73 Å². The lowest BCUT2D eigenvalue weighted by molar-refractivity contribution is 0.594. The molecule has 2 aromatic carbocycles. The van der Waals surface area contributed by atoms with Gasteiger partial charge in [0.15, 0.2) is 9.84 Å². The van der Waals surface area contributed by atoms with Crippen molar-refractivity contribution in [3.8, 4) is 0 Å². The monoisotopic (exact) mass is 295 g/mol. The number of sulfone groups is 1. The van der Waals surface area contributed by atoms with Crippen molar-refractivity contribution in [2.75, 3.05) is 5.73 Å². The second-order valence-corrected chi connectivity index (χ2v) is 6.74. The van der Waals surface area contributed by atoms with Crippen LogP contribution in [0.25, 0.3) is 0 Å². The maximum Gasteiger partial charge on any atom is 0.182 e. The molecule has 100 valence electrons. The lowest BCUT2D eigenvalue weighted by Gasteiger charge is -2.09. The van der Waals surface area contributed by atoms with Crippen molar-refractivity contribution in [1.82, 2.24) is 0 Å². The Morgan fingerprint density at radius 1 is 1.16 bits per heavy atom. The molecule has 0 aliphatic heterocycles. The Labute approximate surface area is 117 Å². The minimum absolute atomic E-state index is 0.128. The zero-order valence-electron chi connectivity index (χ0n) is 10.4. The van der Waals surface area contributed by atoms with Crippen molar-refractivity contribution in [3.05, 3.63) is 58.6 Å². The van der Waals surface area contributed by atoms with Gasteiger partial charge in [-0.2, -0.15) is 0 Å². The Balaban J connectivity index is 2.44. The first-order valence-electron chi connectivity index (χ1n) is 5.72. The van der Waals surface area contributed by atoms with Gasteiger partial charge in [0.1, 0.15) is 0 Å². The van der Waals surface area contributed by atoms with E-state index in [9.17, 15) is 8.42 Å². The fourth-order valence-corrected chi connectivity index (χ4v) is 3.82. The van der Waals surface area contributed by atoms with E-state index < -0.39 is 9.84 Å². The number of nitrogens with two attached hydrogens (primary N) is 1. The minimum Gasteiger partial charge on any atom is -0.399 e. The number of nitrogen functional groups attached to an aromatic ring is 1. The molecule has 0 spiro atoms. The highest BCUT2D eigenvalue weighted by atomic mass is 35.5. The molecule has 0 bridgehead atoms. The standard InChI is InChI=1S/C14H14ClNO2S/c1-10-6-7-12(16)8-14(10)19(17,18)9-11-4-2-3-5-13(11)15/h2-8H,9,16H2,1H3. The third-order valence-corrected chi connectivity index (χ3v) is 5.02.